The molecule has 0 unspecified atom stereocenters. The van der Waals surface area contributed by atoms with Gasteiger partial charge in [0.2, 0.25) is 5.95 Å². The number of ether oxygens (including phenoxy) is 4. The van der Waals surface area contributed by atoms with Crippen molar-refractivity contribution in [2.75, 3.05) is 84.8 Å². The standard InChI is InChI=1S/C18H24N4O2.C14H16BrN3O.C4H9NO/c1-23-17-4-2-15(3-5-17)13-20-6-7-22-16(14-20)12-19-18(22)21-8-10-24-11-9-21;1-19-13-4-2-11(3-5-13)9-17-6-7-18-12(10-17)8-16-14(18)15;1-3-6-4-2-5-1/h2-5,12H,6-11,13-14H2,1H3;2-5,8H,6-7,9-10H2,1H3;5H,1-4H2. The molecule has 4 aliphatic rings. The second-order valence-electron chi connectivity index (χ2n) is 12.5. The Labute approximate surface area is 298 Å². The molecule has 2 aromatic carbocycles. The minimum absolute atomic E-state index is 0.797. The van der Waals surface area contributed by atoms with E-state index in [9.17, 15) is 0 Å². The first-order valence-corrected chi connectivity index (χ1v) is 17.9. The summed E-state index contributed by atoms with van der Waals surface area (Å²) >= 11 is 3.47. The molecule has 2 fully saturated rings. The summed E-state index contributed by atoms with van der Waals surface area (Å²) in [6, 6.07) is 16.6. The van der Waals surface area contributed by atoms with E-state index in [1.165, 1.54) is 22.5 Å². The van der Waals surface area contributed by atoms with E-state index in [0.717, 1.165) is 127 Å². The van der Waals surface area contributed by atoms with E-state index >= 15 is 0 Å². The van der Waals surface area contributed by atoms with E-state index < -0.39 is 0 Å². The zero-order valence-electron chi connectivity index (χ0n) is 28.7. The van der Waals surface area contributed by atoms with Crippen LogP contribution in [0, 0.1) is 0 Å². The van der Waals surface area contributed by atoms with Crippen molar-refractivity contribution in [2.24, 2.45) is 0 Å². The van der Waals surface area contributed by atoms with E-state index in [4.69, 9.17) is 18.9 Å². The predicted octanol–water partition coefficient (Wildman–Crippen LogP) is 4.02. The van der Waals surface area contributed by atoms with Gasteiger partial charge in [0, 0.05) is 78.5 Å². The molecule has 0 amide bonds. The molecule has 6 heterocycles. The zero-order valence-corrected chi connectivity index (χ0v) is 30.3. The molecule has 8 rings (SSSR count). The Hall–Kier alpha value is -3.46. The van der Waals surface area contributed by atoms with Gasteiger partial charge in [-0.05, 0) is 51.3 Å². The number of halogens is 1. The Kier molecular flexibility index (Phi) is 13.0. The van der Waals surface area contributed by atoms with Crippen LogP contribution < -0.4 is 19.7 Å². The fourth-order valence-corrected chi connectivity index (χ4v) is 6.90. The van der Waals surface area contributed by atoms with Crippen LogP contribution in [-0.4, -0.2) is 109 Å². The number of nitrogens with one attached hydrogen (secondary N) is 1. The number of rotatable bonds is 7. The molecule has 1 N–H and O–H groups in total. The number of aromatic nitrogens is 4. The van der Waals surface area contributed by atoms with E-state index in [2.05, 4.69) is 79.3 Å². The summed E-state index contributed by atoms with van der Waals surface area (Å²) < 4.78 is 26.4. The van der Waals surface area contributed by atoms with Crippen LogP contribution >= 0.6 is 15.9 Å². The van der Waals surface area contributed by atoms with E-state index in [-0.39, 0.29) is 0 Å². The number of methoxy groups -OCH3 is 2. The first-order valence-electron chi connectivity index (χ1n) is 17.2. The van der Waals surface area contributed by atoms with Crippen molar-refractivity contribution >= 4 is 21.9 Å². The summed E-state index contributed by atoms with van der Waals surface area (Å²) in [6.07, 6.45) is 3.98. The highest BCUT2D eigenvalue weighted by Gasteiger charge is 2.24. The maximum Gasteiger partial charge on any atom is 0.205 e. The van der Waals surface area contributed by atoms with Crippen LogP contribution in [0.4, 0.5) is 5.95 Å². The van der Waals surface area contributed by atoms with Crippen molar-refractivity contribution in [1.82, 2.24) is 34.2 Å². The number of anilines is 1. The fourth-order valence-electron chi connectivity index (χ4n) is 6.40. The lowest BCUT2D eigenvalue weighted by atomic mass is 10.2. The molecule has 4 aliphatic heterocycles. The monoisotopic (exact) mass is 736 g/mol. The molecule has 0 bridgehead atoms. The van der Waals surface area contributed by atoms with Crippen LogP contribution in [0.3, 0.4) is 0 Å². The molecule has 4 aromatic rings. The Morgan fingerprint density at radius 3 is 1.67 bits per heavy atom. The highest BCUT2D eigenvalue weighted by Crippen LogP contribution is 2.24. The van der Waals surface area contributed by atoms with Gasteiger partial charge in [0.25, 0.3) is 0 Å². The van der Waals surface area contributed by atoms with Crippen molar-refractivity contribution < 1.29 is 18.9 Å². The second kappa shape index (κ2) is 18.0. The average molecular weight is 738 g/mol. The van der Waals surface area contributed by atoms with Gasteiger partial charge in [-0.2, -0.15) is 0 Å². The molecular weight excluding hydrogens is 688 g/mol. The molecule has 264 valence electrons. The van der Waals surface area contributed by atoms with Gasteiger partial charge in [-0.25, -0.2) is 9.97 Å². The SMILES string of the molecule is C1COCCN1.COc1ccc(CN2CCn3c(cnc3Br)C2)cc1.COc1ccc(CN2CCn3c(cnc3N3CCOCC3)C2)cc1. The van der Waals surface area contributed by atoms with Crippen molar-refractivity contribution in [3.05, 3.63) is 88.2 Å². The van der Waals surface area contributed by atoms with Gasteiger partial charge in [-0.3, -0.25) is 9.80 Å². The van der Waals surface area contributed by atoms with Gasteiger partial charge in [-0.15, -0.1) is 0 Å². The molecule has 0 saturated carbocycles. The fraction of sp³-hybridized carbons (Fsp3) is 0.500. The summed E-state index contributed by atoms with van der Waals surface area (Å²) in [5.74, 6) is 2.92. The van der Waals surface area contributed by atoms with Gasteiger partial charge < -0.3 is 38.3 Å². The van der Waals surface area contributed by atoms with Crippen LogP contribution in [0.2, 0.25) is 0 Å². The van der Waals surface area contributed by atoms with Gasteiger partial charge >= 0.3 is 0 Å². The van der Waals surface area contributed by atoms with Crippen LogP contribution in [0.25, 0.3) is 0 Å². The third-order valence-electron chi connectivity index (χ3n) is 9.13. The Morgan fingerprint density at radius 1 is 0.653 bits per heavy atom. The molecule has 0 spiro atoms. The topological polar surface area (TPSA) is 94.3 Å². The third-order valence-corrected chi connectivity index (χ3v) is 9.76. The molecule has 0 atom stereocenters. The normalized spacial score (nSPS) is 17.9. The lowest BCUT2D eigenvalue weighted by Crippen LogP contribution is -2.40. The van der Waals surface area contributed by atoms with E-state index in [1.807, 2.05) is 36.7 Å². The van der Waals surface area contributed by atoms with Gasteiger partial charge in [0.05, 0.1) is 64.4 Å². The maximum atomic E-state index is 5.45. The second-order valence-corrected chi connectivity index (χ2v) is 13.2. The number of fused-ring (bicyclic) bond motifs is 2. The highest BCUT2D eigenvalue weighted by atomic mass is 79.9. The van der Waals surface area contributed by atoms with Crippen LogP contribution in [0.5, 0.6) is 11.5 Å². The lowest BCUT2D eigenvalue weighted by Gasteiger charge is -2.32. The van der Waals surface area contributed by atoms with Crippen molar-refractivity contribution in [3.8, 4) is 11.5 Å². The van der Waals surface area contributed by atoms with Crippen molar-refractivity contribution in [3.63, 3.8) is 0 Å². The van der Waals surface area contributed by atoms with E-state index in [0.29, 0.717) is 0 Å². The molecule has 2 saturated heterocycles. The Balaban J connectivity index is 0.000000148. The van der Waals surface area contributed by atoms with Crippen LogP contribution in [0.15, 0.2) is 65.7 Å². The number of morpholine rings is 2. The minimum Gasteiger partial charge on any atom is -0.497 e. The molecular formula is C36H49BrN8O4. The summed E-state index contributed by atoms with van der Waals surface area (Å²) in [6.45, 7) is 15.2. The molecule has 0 radical (unpaired) electrons. The van der Waals surface area contributed by atoms with Gasteiger partial charge in [-0.1, -0.05) is 24.3 Å². The van der Waals surface area contributed by atoms with Gasteiger partial charge in [0.15, 0.2) is 4.73 Å². The minimum atomic E-state index is 0.797. The average Bonchev–Trinajstić information content (AvgIpc) is 3.76. The maximum absolute atomic E-state index is 5.45. The summed E-state index contributed by atoms with van der Waals surface area (Å²) in [7, 11) is 3.39. The Morgan fingerprint density at radius 2 is 1.16 bits per heavy atom. The quantitative estimate of drug-likeness (QED) is 0.300. The molecule has 2 aromatic heterocycles. The third kappa shape index (κ3) is 9.83. The first-order chi connectivity index (χ1) is 24.1. The molecule has 13 heteroatoms. The number of imidazole rings is 2. The summed E-state index contributed by atoms with van der Waals surface area (Å²) in [4.78, 5) is 16.2. The number of benzene rings is 2. The molecule has 0 aliphatic carbocycles. The van der Waals surface area contributed by atoms with Crippen LogP contribution in [0.1, 0.15) is 22.5 Å². The highest BCUT2D eigenvalue weighted by molar-refractivity contribution is 9.10. The van der Waals surface area contributed by atoms with Gasteiger partial charge in [0.1, 0.15) is 11.5 Å². The number of hydrogen-bond donors (Lipinski definition) is 1. The van der Waals surface area contributed by atoms with E-state index in [1.54, 1.807) is 14.2 Å². The molecule has 49 heavy (non-hydrogen) atoms. The predicted molar refractivity (Wildman–Crippen MR) is 193 cm³/mol. The smallest absolute Gasteiger partial charge is 0.205 e. The lowest BCUT2D eigenvalue weighted by molar-refractivity contribution is 0.109. The van der Waals surface area contributed by atoms with Crippen molar-refractivity contribution in [2.45, 2.75) is 39.3 Å². The van der Waals surface area contributed by atoms with Crippen LogP contribution in [-0.2, 0) is 48.7 Å². The number of nitrogens with zero attached hydrogens (tertiary/aromatic N) is 7. The Bertz CT molecular complexity index is 1560. The molecule has 12 nitrogen and oxygen atoms in total. The first kappa shape index (κ1) is 35.4. The van der Waals surface area contributed by atoms with Crippen molar-refractivity contribution in [1.29, 1.82) is 0 Å². The number of hydrogen-bond acceptors (Lipinski definition) is 10. The summed E-state index contributed by atoms with van der Waals surface area (Å²) in [5, 5.41) is 3.16. The summed E-state index contributed by atoms with van der Waals surface area (Å²) in [5.41, 5.74) is 5.20. The largest absolute Gasteiger partial charge is 0.497 e. The zero-order chi connectivity index (χ0) is 33.8.